The number of furan rings is 1. The van der Waals surface area contributed by atoms with E-state index in [2.05, 4.69) is 46.0 Å². The van der Waals surface area contributed by atoms with Gasteiger partial charge < -0.3 is 13.6 Å². The Morgan fingerprint density at radius 2 is 1.80 bits per heavy atom. The van der Waals surface area contributed by atoms with E-state index in [1.165, 1.54) is 0 Å². The molecule has 164 valence electrons. The standard InChI is InChI=1S/C25H36O4Si/c1-20(28-24(26)21-15-10-8-11-16-21)14-9-7-12-17-23(22-18-13-19-27-22)29-30(5,6)25(2,3)4/h7-11,13,15-16,18-20,23H,12,14,17H2,1-6H3/b9-7+/t20-,23+/m0/s1. The van der Waals surface area contributed by atoms with E-state index in [0.717, 1.165) is 18.6 Å². The van der Waals surface area contributed by atoms with Gasteiger partial charge in [0.2, 0.25) is 0 Å². The second kappa shape index (κ2) is 10.8. The number of ether oxygens (including phenoxy) is 1. The van der Waals surface area contributed by atoms with Crippen LogP contribution in [0.15, 0.2) is 65.3 Å². The minimum Gasteiger partial charge on any atom is -0.467 e. The molecule has 0 N–H and O–H groups in total. The highest BCUT2D eigenvalue weighted by atomic mass is 28.4. The first-order chi connectivity index (χ1) is 14.1. The Morgan fingerprint density at radius 3 is 2.40 bits per heavy atom. The molecule has 0 saturated heterocycles. The molecule has 0 radical (unpaired) electrons. The van der Waals surface area contributed by atoms with Gasteiger partial charge >= 0.3 is 5.97 Å². The molecule has 1 aromatic carbocycles. The fourth-order valence-electron chi connectivity index (χ4n) is 2.79. The zero-order chi connectivity index (χ0) is 22.2. The van der Waals surface area contributed by atoms with Gasteiger partial charge in [0.05, 0.1) is 11.8 Å². The number of esters is 1. The van der Waals surface area contributed by atoms with E-state index >= 15 is 0 Å². The van der Waals surface area contributed by atoms with Crippen molar-refractivity contribution in [1.29, 1.82) is 0 Å². The molecular weight excluding hydrogens is 392 g/mol. The molecule has 0 amide bonds. The molecule has 0 aliphatic heterocycles. The fraction of sp³-hybridized carbons (Fsp3) is 0.480. The highest BCUT2D eigenvalue weighted by molar-refractivity contribution is 6.74. The van der Waals surface area contributed by atoms with Crippen molar-refractivity contribution in [2.24, 2.45) is 0 Å². The molecule has 0 fully saturated rings. The van der Waals surface area contributed by atoms with Crippen molar-refractivity contribution >= 4 is 14.3 Å². The van der Waals surface area contributed by atoms with Crippen molar-refractivity contribution < 1.29 is 18.4 Å². The molecule has 1 heterocycles. The van der Waals surface area contributed by atoms with E-state index in [1.54, 1.807) is 18.4 Å². The highest BCUT2D eigenvalue weighted by Crippen LogP contribution is 2.40. The van der Waals surface area contributed by atoms with Crippen LogP contribution < -0.4 is 0 Å². The number of carbonyl (C=O) groups is 1. The maximum atomic E-state index is 12.1. The summed E-state index contributed by atoms with van der Waals surface area (Å²) in [5.74, 6) is 0.607. The molecule has 2 atom stereocenters. The monoisotopic (exact) mass is 428 g/mol. The minimum absolute atomic E-state index is 0.0427. The van der Waals surface area contributed by atoms with E-state index in [4.69, 9.17) is 13.6 Å². The van der Waals surface area contributed by atoms with Crippen LogP contribution in [0.1, 0.15) is 69.2 Å². The van der Waals surface area contributed by atoms with Crippen LogP contribution >= 0.6 is 0 Å². The summed E-state index contributed by atoms with van der Waals surface area (Å²) in [4.78, 5) is 12.1. The molecule has 0 unspecified atom stereocenters. The van der Waals surface area contributed by atoms with E-state index in [1.807, 2.05) is 37.3 Å². The quantitative estimate of drug-likeness (QED) is 0.226. The topological polar surface area (TPSA) is 48.7 Å². The third-order valence-corrected chi connectivity index (χ3v) is 10.1. The molecule has 0 aliphatic carbocycles. The Bertz CT molecular complexity index is 788. The summed E-state index contributed by atoms with van der Waals surface area (Å²) >= 11 is 0. The lowest BCUT2D eigenvalue weighted by atomic mass is 10.1. The zero-order valence-corrected chi connectivity index (χ0v) is 20.2. The molecule has 2 rings (SSSR count). The van der Waals surface area contributed by atoms with E-state index in [9.17, 15) is 4.79 Å². The number of hydrogen-bond acceptors (Lipinski definition) is 4. The maximum absolute atomic E-state index is 12.1. The third kappa shape index (κ3) is 7.29. The first kappa shape index (κ1) is 24.2. The SMILES string of the molecule is C[C@@H](C/C=C/CC[C@@H](O[Si](C)(C)C(C)(C)C)c1ccco1)OC(=O)c1ccccc1. The largest absolute Gasteiger partial charge is 0.467 e. The van der Waals surface area contributed by atoms with E-state index < -0.39 is 8.32 Å². The van der Waals surface area contributed by atoms with Crippen molar-refractivity contribution in [3.8, 4) is 0 Å². The maximum Gasteiger partial charge on any atom is 0.338 e. The van der Waals surface area contributed by atoms with E-state index in [-0.39, 0.29) is 23.2 Å². The molecule has 5 heteroatoms. The summed E-state index contributed by atoms with van der Waals surface area (Å²) < 4.78 is 17.8. The average molecular weight is 429 g/mol. The lowest BCUT2D eigenvalue weighted by Gasteiger charge is -2.38. The number of allylic oxidation sites excluding steroid dienone is 1. The molecule has 1 aromatic heterocycles. The molecule has 2 aromatic rings. The second-order valence-electron chi connectivity index (χ2n) is 9.25. The van der Waals surface area contributed by atoms with Crippen LogP contribution in [0.4, 0.5) is 0 Å². The van der Waals surface area contributed by atoms with Gasteiger partial charge in [0.15, 0.2) is 8.32 Å². The molecule has 0 aliphatic rings. The van der Waals surface area contributed by atoms with Crippen LogP contribution in [0.25, 0.3) is 0 Å². The lowest BCUT2D eigenvalue weighted by molar-refractivity contribution is 0.0348. The molecule has 0 saturated carbocycles. The van der Waals surface area contributed by atoms with Crippen LogP contribution in [0.2, 0.25) is 18.1 Å². The molecule has 30 heavy (non-hydrogen) atoms. The number of rotatable bonds is 10. The first-order valence-corrected chi connectivity index (χ1v) is 13.6. The Hall–Kier alpha value is -2.11. The predicted octanol–water partition coefficient (Wildman–Crippen LogP) is 7.31. The van der Waals surface area contributed by atoms with Gasteiger partial charge in [-0.25, -0.2) is 4.79 Å². The van der Waals surface area contributed by atoms with Gasteiger partial charge in [-0.05, 0) is 62.2 Å². The van der Waals surface area contributed by atoms with Crippen LogP contribution in [0.5, 0.6) is 0 Å². The van der Waals surface area contributed by atoms with E-state index in [0.29, 0.717) is 12.0 Å². The summed E-state index contributed by atoms with van der Waals surface area (Å²) in [5, 5.41) is 0.145. The van der Waals surface area contributed by atoms with Crippen LogP contribution in [-0.2, 0) is 9.16 Å². The lowest BCUT2D eigenvalue weighted by Crippen LogP contribution is -2.41. The number of carbonyl (C=O) groups excluding carboxylic acids is 1. The molecular formula is C25H36O4Si. The fourth-order valence-corrected chi connectivity index (χ4v) is 4.09. The van der Waals surface area contributed by atoms with Crippen molar-refractivity contribution in [3.63, 3.8) is 0 Å². The Labute approximate surface area is 182 Å². The van der Waals surface area contributed by atoms with Crippen molar-refractivity contribution in [2.75, 3.05) is 0 Å². The van der Waals surface area contributed by atoms with Crippen LogP contribution in [-0.4, -0.2) is 20.4 Å². The third-order valence-electron chi connectivity index (χ3n) is 5.65. The minimum atomic E-state index is -1.90. The predicted molar refractivity (Wildman–Crippen MR) is 124 cm³/mol. The normalized spacial score (nSPS) is 14.6. The van der Waals surface area contributed by atoms with Crippen LogP contribution in [0.3, 0.4) is 0 Å². The van der Waals surface area contributed by atoms with Gasteiger partial charge in [0.1, 0.15) is 18.0 Å². The Kier molecular flexibility index (Phi) is 8.68. The summed E-state index contributed by atoms with van der Waals surface area (Å²) in [7, 11) is -1.90. The van der Waals surface area contributed by atoms with Gasteiger partial charge in [-0.1, -0.05) is 51.1 Å². The smallest absolute Gasteiger partial charge is 0.338 e. The summed E-state index contributed by atoms with van der Waals surface area (Å²) in [6.07, 6.45) is 8.13. The summed E-state index contributed by atoms with van der Waals surface area (Å²) in [5.41, 5.74) is 0.581. The van der Waals surface area contributed by atoms with Crippen molar-refractivity contribution in [2.45, 2.75) is 77.3 Å². The summed E-state index contributed by atoms with van der Waals surface area (Å²) in [6, 6.07) is 13.0. The first-order valence-electron chi connectivity index (χ1n) is 10.7. The molecule has 4 nitrogen and oxygen atoms in total. The number of benzene rings is 1. The van der Waals surface area contributed by atoms with Gasteiger partial charge in [-0.2, -0.15) is 0 Å². The summed E-state index contributed by atoms with van der Waals surface area (Å²) in [6.45, 7) is 13.2. The van der Waals surface area contributed by atoms with Crippen LogP contribution in [0, 0.1) is 0 Å². The van der Waals surface area contributed by atoms with Gasteiger partial charge in [0.25, 0.3) is 0 Å². The Balaban J connectivity index is 1.84. The highest BCUT2D eigenvalue weighted by Gasteiger charge is 2.39. The number of hydrogen-bond donors (Lipinski definition) is 0. The molecule has 0 bridgehead atoms. The second-order valence-corrected chi connectivity index (χ2v) is 14.0. The van der Waals surface area contributed by atoms with Gasteiger partial charge in [-0.15, -0.1) is 0 Å². The average Bonchev–Trinajstić information content (AvgIpc) is 3.21. The van der Waals surface area contributed by atoms with Crippen molar-refractivity contribution in [1.82, 2.24) is 0 Å². The molecule has 0 spiro atoms. The zero-order valence-electron chi connectivity index (χ0n) is 19.2. The van der Waals surface area contributed by atoms with Gasteiger partial charge in [-0.3, -0.25) is 0 Å². The Morgan fingerprint density at radius 1 is 1.10 bits per heavy atom. The van der Waals surface area contributed by atoms with Crippen molar-refractivity contribution in [3.05, 3.63) is 72.2 Å². The van der Waals surface area contributed by atoms with Gasteiger partial charge in [0, 0.05) is 6.42 Å².